The van der Waals surface area contributed by atoms with Crippen molar-refractivity contribution in [3.05, 3.63) is 46.5 Å². The molecule has 0 fully saturated rings. The van der Waals surface area contributed by atoms with Crippen LogP contribution in [0.25, 0.3) is 0 Å². The van der Waals surface area contributed by atoms with Crippen molar-refractivity contribution in [2.45, 2.75) is 19.5 Å². The molecular weight excluding hydrogens is 299 g/mol. The van der Waals surface area contributed by atoms with Crippen LogP contribution in [0.1, 0.15) is 17.3 Å². The molecule has 0 aliphatic heterocycles. The number of nitrogens with one attached hydrogen (secondary N) is 1. The van der Waals surface area contributed by atoms with Gasteiger partial charge in [0.15, 0.2) is 0 Å². The van der Waals surface area contributed by atoms with Crippen molar-refractivity contribution in [3.63, 3.8) is 0 Å². The Balaban J connectivity index is 2.04. The molecule has 0 aliphatic rings. The molecule has 1 unspecified atom stereocenters. The number of imidazole rings is 1. The molecule has 1 amide bonds. The Morgan fingerprint density at radius 1 is 1.45 bits per heavy atom. The van der Waals surface area contributed by atoms with Crippen LogP contribution in [0.4, 0.5) is 5.69 Å². The summed E-state index contributed by atoms with van der Waals surface area (Å²) in [5, 5.41) is 3.40. The van der Waals surface area contributed by atoms with Gasteiger partial charge in [-0.25, -0.2) is 4.98 Å². The summed E-state index contributed by atoms with van der Waals surface area (Å²) in [5.74, 6) is -0.249. The third kappa shape index (κ3) is 3.43. The maximum absolute atomic E-state index is 12.1. The van der Waals surface area contributed by atoms with E-state index in [0.29, 0.717) is 12.1 Å². The number of benzene rings is 1. The van der Waals surface area contributed by atoms with E-state index in [1.54, 1.807) is 12.5 Å². The fourth-order valence-electron chi connectivity index (χ4n) is 1.78. The summed E-state index contributed by atoms with van der Waals surface area (Å²) < 4.78 is 1.88. The van der Waals surface area contributed by atoms with Gasteiger partial charge in [-0.3, -0.25) is 4.79 Å². The molecular formula is C13H14Cl2N4O. The molecule has 3 N–H and O–H groups in total. The SMILES string of the molecule is CC(Cn1ccnc1)NC(=O)c1cc(Cl)c(N)c(Cl)c1. The Morgan fingerprint density at radius 3 is 2.65 bits per heavy atom. The first-order valence-electron chi connectivity index (χ1n) is 5.98. The van der Waals surface area contributed by atoms with Gasteiger partial charge in [0.05, 0.1) is 22.1 Å². The molecule has 20 heavy (non-hydrogen) atoms. The van der Waals surface area contributed by atoms with E-state index in [0.717, 1.165) is 0 Å². The van der Waals surface area contributed by atoms with Gasteiger partial charge in [-0.2, -0.15) is 0 Å². The third-order valence-electron chi connectivity index (χ3n) is 2.76. The van der Waals surface area contributed by atoms with E-state index in [4.69, 9.17) is 28.9 Å². The molecule has 7 heteroatoms. The zero-order valence-electron chi connectivity index (χ0n) is 10.8. The van der Waals surface area contributed by atoms with Crippen LogP contribution in [0.2, 0.25) is 10.0 Å². The lowest BCUT2D eigenvalue weighted by Crippen LogP contribution is -2.35. The zero-order valence-corrected chi connectivity index (χ0v) is 12.3. The topological polar surface area (TPSA) is 72.9 Å². The molecule has 2 rings (SSSR count). The van der Waals surface area contributed by atoms with Crippen molar-refractivity contribution in [1.82, 2.24) is 14.9 Å². The molecule has 0 aliphatic carbocycles. The Hall–Kier alpha value is -1.72. The molecule has 0 bridgehead atoms. The molecule has 5 nitrogen and oxygen atoms in total. The summed E-state index contributed by atoms with van der Waals surface area (Å²) in [6, 6.07) is 2.94. The third-order valence-corrected chi connectivity index (χ3v) is 3.39. The number of nitrogens with two attached hydrogens (primary N) is 1. The van der Waals surface area contributed by atoms with E-state index in [2.05, 4.69) is 10.3 Å². The molecule has 106 valence electrons. The fraction of sp³-hybridized carbons (Fsp3) is 0.231. The molecule has 1 heterocycles. The van der Waals surface area contributed by atoms with Crippen molar-refractivity contribution >= 4 is 34.8 Å². The number of carbonyl (C=O) groups excluding carboxylic acids is 1. The molecule has 0 saturated carbocycles. The summed E-state index contributed by atoms with van der Waals surface area (Å²) >= 11 is 11.8. The van der Waals surface area contributed by atoms with Crippen LogP contribution in [0.3, 0.4) is 0 Å². The normalized spacial score (nSPS) is 12.2. The van der Waals surface area contributed by atoms with E-state index >= 15 is 0 Å². The number of hydrogen-bond acceptors (Lipinski definition) is 3. The molecule has 0 spiro atoms. The monoisotopic (exact) mass is 312 g/mol. The molecule has 2 aromatic rings. The number of carbonyl (C=O) groups is 1. The van der Waals surface area contributed by atoms with Gasteiger partial charge in [0.2, 0.25) is 0 Å². The van der Waals surface area contributed by atoms with Gasteiger partial charge in [0.25, 0.3) is 5.91 Å². The minimum Gasteiger partial charge on any atom is -0.396 e. The first kappa shape index (κ1) is 14.7. The second-order valence-electron chi connectivity index (χ2n) is 4.49. The van der Waals surface area contributed by atoms with Crippen LogP contribution in [0, 0.1) is 0 Å². The highest BCUT2D eigenvalue weighted by molar-refractivity contribution is 6.39. The number of nitrogens with zero attached hydrogens (tertiary/aromatic N) is 2. The van der Waals surface area contributed by atoms with Crippen molar-refractivity contribution in [2.24, 2.45) is 0 Å². The van der Waals surface area contributed by atoms with Gasteiger partial charge in [-0.1, -0.05) is 23.2 Å². The Morgan fingerprint density at radius 2 is 2.10 bits per heavy atom. The second-order valence-corrected chi connectivity index (χ2v) is 5.30. The van der Waals surface area contributed by atoms with Crippen molar-refractivity contribution in [1.29, 1.82) is 0 Å². The van der Waals surface area contributed by atoms with E-state index in [1.165, 1.54) is 12.1 Å². The largest absolute Gasteiger partial charge is 0.396 e. The summed E-state index contributed by atoms with van der Waals surface area (Å²) in [5.41, 5.74) is 6.29. The van der Waals surface area contributed by atoms with E-state index in [-0.39, 0.29) is 27.7 Å². The maximum atomic E-state index is 12.1. The Kier molecular flexibility index (Phi) is 4.52. The average molecular weight is 313 g/mol. The number of nitrogen functional groups attached to an aromatic ring is 1. The van der Waals surface area contributed by atoms with Gasteiger partial charge in [0.1, 0.15) is 0 Å². The van der Waals surface area contributed by atoms with Crippen molar-refractivity contribution in [3.8, 4) is 0 Å². The van der Waals surface area contributed by atoms with Crippen molar-refractivity contribution < 1.29 is 4.79 Å². The highest BCUT2D eigenvalue weighted by Gasteiger charge is 2.13. The highest BCUT2D eigenvalue weighted by Crippen LogP contribution is 2.28. The number of hydrogen-bond donors (Lipinski definition) is 2. The van der Waals surface area contributed by atoms with Gasteiger partial charge in [-0.15, -0.1) is 0 Å². The number of aromatic nitrogens is 2. The highest BCUT2D eigenvalue weighted by atomic mass is 35.5. The lowest BCUT2D eigenvalue weighted by Gasteiger charge is -2.15. The molecule has 0 radical (unpaired) electrons. The maximum Gasteiger partial charge on any atom is 0.251 e. The summed E-state index contributed by atoms with van der Waals surface area (Å²) in [4.78, 5) is 16.1. The minimum absolute atomic E-state index is 0.0631. The minimum atomic E-state index is -0.249. The average Bonchev–Trinajstić information content (AvgIpc) is 2.87. The number of rotatable bonds is 4. The summed E-state index contributed by atoms with van der Waals surface area (Å²) in [7, 11) is 0. The number of halogens is 2. The molecule has 0 saturated heterocycles. The van der Waals surface area contributed by atoms with Gasteiger partial charge in [-0.05, 0) is 19.1 Å². The van der Waals surface area contributed by atoms with E-state index < -0.39 is 0 Å². The molecule has 1 aromatic heterocycles. The molecule has 1 aromatic carbocycles. The number of amides is 1. The van der Waals surface area contributed by atoms with Gasteiger partial charge >= 0.3 is 0 Å². The molecule has 1 atom stereocenters. The van der Waals surface area contributed by atoms with Crippen LogP contribution in [-0.4, -0.2) is 21.5 Å². The first-order valence-corrected chi connectivity index (χ1v) is 6.74. The van der Waals surface area contributed by atoms with E-state index in [9.17, 15) is 4.79 Å². The quantitative estimate of drug-likeness (QED) is 0.852. The van der Waals surface area contributed by atoms with Crippen molar-refractivity contribution in [2.75, 3.05) is 5.73 Å². The van der Waals surface area contributed by atoms with Crippen LogP contribution >= 0.6 is 23.2 Å². The van der Waals surface area contributed by atoms with Crippen LogP contribution in [-0.2, 0) is 6.54 Å². The summed E-state index contributed by atoms with van der Waals surface area (Å²) in [6.45, 7) is 2.53. The van der Waals surface area contributed by atoms with Gasteiger partial charge in [0, 0.05) is 30.5 Å². The first-order chi connectivity index (χ1) is 9.47. The smallest absolute Gasteiger partial charge is 0.251 e. The van der Waals surface area contributed by atoms with Crippen LogP contribution in [0.5, 0.6) is 0 Å². The Labute approximate surface area is 126 Å². The fourth-order valence-corrected chi connectivity index (χ4v) is 2.27. The second kappa shape index (κ2) is 6.15. The zero-order chi connectivity index (χ0) is 14.7. The van der Waals surface area contributed by atoms with Crippen LogP contribution < -0.4 is 11.1 Å². The lowest BCUT2D eigenvalue weighted by atomic mass is 10.2. The predicted molar refractivity (Wildman–Crippen MR) is 80.0 cm³/mol. The lowest BCUT2D eigenvalue weighted by molar-refractivity contribution is 0.0936. The van der Waals surface area contributed by atoms with Gasteiger partial charge < -0.3 is 15.6 Å². The summed E-state index contributed by atoms with van der Waals surface area (Å²) in [6.07, 6.45) is 5.22. The van der Waals surface area contributed by atoms with Crippen LogP contribution in [0.15, 0.2) is 30.9 Å². The number of anilines is 1. The Bertz CT molecular complexity index is 590. The predicted octanol–water partition coefficient (Wildman–Crippen LogP) is 2.59. The standard InChI is InChI=1S/C13H14Cl2N4O/c1-8(6-19-3-2-17-7-19)18-13(20)9-4-10(14)12(16)11(15)5-9/h2-5,7-8H,6,16H2,1H3,(H,18,20). The van der Waals surface area contributed by atoms with E-state index in [1.807, 2.05) is 17.7 Å².